The third-order valence-electron chi connectivity index (χ3n) is 3.64. The fourth-order valence-electron chi connectivity index (χ4n) is 2.42. The predicted octanol–water partition coefficient (Wildman–Crippen LogP) is 2.56. The standard InChI is InChI=1S/C13H25NOS/c15-10-12(14-11-6-7-11)8-9-16-13-4-2-1-3-5-13/h11-15H,1-10H2. The van der Waals surface area contributed by atoms with Crippen LogP contribution in [0.25, 0.3) is 0 Å². The number of aliphatic hydroxyl groups excluding tert-OH is 1. The summed E-state index contributed by atoms with van der Waals surface area (Å²) < 4.78 is 0. The highest BCUT2D eigenvalue weighted by atomic mass is 32.2. The third-order valence-corrected chi connectivity index (χ3v) is 5.06. The summed E-state index contributed by atoms with van der Waals surface area (Å²) in [6, 6.07) is 1.07. The van der Waals surface area contributed by atoms with Gasteiger partial charge in [-0.15, -0.1) is 0 Å². The van der Waals surface area contributed by atoms with E-state index in [2.05, 4.69) is 17.1 Å². The van der Waals surface area contributed by atoms with Crippen LogP contribution in [0.4, 0.5) is 0 Å². The molecule has 1 atom stereocenters. The lowest BCUT2D eigenvalue weighted by Crippen LogP contribution is -2.34. The molecule has 0 spiro atoms. The number of nitrogens with one attached hydrogen (secondary N) is 1. The molecule has 0 aliphatic heterocycles. The van der Waals surface area contributed by atoms with Gasteiger partial charge in [0.2, 0.25) is 0 Å². The van der Waals surface area contributed by atoms with Crippen LogP contribution in [-0.4, -0.2) is 34.8 Å². The molecule has 2 aliphatic rings. The normalized spacial score (nSPS) is 24.6. The fraction of sp³-hybridized carbons (Fsp3) is 1.00. The molecule has 16 heavy (non-hydrogen) atoms. The quantitative estimate of drug-likeness (QED) is 0.721. The average molecular weight is 243 g/mol. The Morgan fingerprint density at radius 3 is 2.50 bits per heavy atom. The summed E-state index contributed by atoms with van der Waals surface area (Å²) in [5.74, 6) is 1.22. The SMILES string of the molecule is OCC(CCSC1CCCCC1)NC1CC1. The molecule has 0 amide bonds. The molecule has 1 unspecified atom stereocenters. The van der Waals surface area contributed by atoms with Crippen LogP contribution in [0, 0.1) is 0 Å². The van der Waals surface area contributed by atoms with Gasteiger partial charge in [0.25, 0.3) is 0 Å². The van der Waals surface area contributed by atoms with Crippen LogP contribution >= 0.6 is 11.8 Å². The van der Waals surface area contributed by atoms with E-state index in [1.165, 1.54) is 50.7 Å². The molecule has 2 nitrogen and oxygen atoms in total. The Hall–Kier alpha value is 0.270. The molecule has 2 aliphatic carbocycles. The second kappa shape index (κ2) is 6.87. The lowest BCUT2D eigenvalue weighted by atomic mass is 10.0. The van der Waals surface area contributed by atoms with Crippen LogP contribution in [-0.2, 0) is 0 Å². The molecule has 3 heteroatoms. The maximum absolute atomic E-state index is 9.27. The Balaban J connectivity index is 1.54. The van der Waals surface area contributed by atoms with E-state index in [-0.39, 0.29) is 0 Å². The van der Waals surface area contributed by atoms with Crippen LogP contribution < -0.4 is 5.32 Å². The van der Waals surface area contributed by atoms with E-state index in [1.54, 1.807) is 0 Å². The van der Waals surface area contributed by atoms with Gasteiger partial charge in [-0.2, -0.15) is 11.8 Å². The number of hydrogen-bond acceptors (Lipinski definition) is 3. The van der Waals surface area contributed by atoms with Crippen LogP contribution in [0.5, 0.6) is 0 Å². The summed E-state index contributed by atoms with van der Waals surface area (Å²) in [5.41, 5.74) is 0. The smallest absolute Gasteiger partial charge is 0.0585 e. The minimum atomic E-state index is 0.307. The van der Waals surface area contributed by atoms with Crippen molar-refractivity contribution in [1.29, 1.82) is 0 Å². The lowest BCUT2D eigenvalue weighted by molar-refractivity contribution is 0.238. The second-order valence-electron chi connectivity index (χ2n) is 5.24. The van der Waals surface area contributed by atoms with Crippen molar-refractivity contribution in [2.75, 3.05) is 12.4 Å². The first-order valence-electron chi connectivity index (χ1n) is 6.87. The Morgan fingerprint density at radius 1 is 1.12 bits per heavy atom. The van der Waals surface area contributed by atoms with Gasteiger partial charge in [-0.05, 0) is 37.9 Å². The Morgan fingerprint density at radius 2 is 1.88 bits per heavy atom. The molecule has 0 aromatic rings. The van der Waals surface area contributed by atoms with Crippen molar-refractivity contribution in [3.05, 3.63) is 0 Å². The van der Waals surface area contributed by atoms with E-state index in [0.29, 0.717) is 12.6 Å². The number of thioether (sulfide) groups is 1. The maximum Gasteiger partial charge on any atom is 0.0585 e. The highest BCUT2D eigenvalue weighted by Gasteiger charge is 2.24. The van der Waals surface area contributed by atoms with E-state index >= 15 is 0 Å². The largest absolute Gasteiger partial charge is 0.395 e. The minimum absolute atomic E-state index is 0.307. The second-order valence-corrected chi connectivity index (χ2v) is 6.65. The van der Waals surface area contributed by atoms with Gasteiger partial charge in [-0.3, -0.25) is 0 Å². The zero-order chi connectivity index (χ0) is 11.2. The van der Waals surface area contributed by atoms with Crippen LogP contribution in [0.2, 0.25) is 0 Å². The van der Waals surface area contributed by atoms with E-state index < -0.39 is 0 Å². The molecule has 2 saturated carbocycles. The fourth-order valence-corrected chi connectivity index (χ4v) is 3.84. The van der Waals surface area contributed by atoms with Crippen molar-refractivity contribution in [2.24, 2.45) is 0 Å². The molecule has 94 valence electrons. The van der Waals surface area contributed by atoms with Crippen LogP contribution in [0.3, 0.4) is 0 Å². The minimum Gasteiger partial charge on any atom is -0.395 e. The van der Waals surface area contributed by atoms with Crippen molar-refractivity contribution < 1.29 is 5.11 Å². The molecule has 2 rings (SSSR count). The highest BCUT2D eigenvalue weighted by Crippen LogP contribution is 2.29. The monoisotopic (exact) mass is 243 g/mol. The topological polar surface area (TPSA) is 32.3 Å². The summed E-state index contributed by atoms with van der Waals surface area (Å²) in [7, 11) is 0. The Bertz CT molecular complexity index is 190. The van der Waals surface area contributed by atoms with Crippen LogP contribution in [0.15, 0.2) is 0 Å². The zero-order valence-electron chi connectivity index (χ0n) is 10.2. The first-order chi connectivity index (χ1) is 7.88. The molecule has 0 radical (unpaired) electrons. The molecule has 0 saturated heterocycles. The molecule has 0 heterocycles. The number of hydrogen-bond donors (Lipinski definition) is 2. The highest BCUT2D eigenvalue weighted by molar-refractivity contribution is 7.99. The molecule has 2 N–H and O–H groups in total. The van der Waals surface area contributed by atoms with Crippen molar-refractivity contribution in [3.63, 3.8) is 0 Å². The van der Waals surface area contributed by atoms with Gasteiger partial charge in [0.15, 0.2) is 0 Å². The molecule has 0 bridgehead atoms. The van der Waals surface area contributed by atoms with Gasteiger partial charge in [-0.1, -0.05) is 19.3 Å². The first kappa shape index (κ1) is 12.7. The maximum atomic E-state index is 9.27. The lowest BCUT2D eigenvalue weighted by Gasteiger charge is -2.22. The van der Waals surface area contributed by atoms with Crippen molar-refractivity contribution >= 4 is 11.8 Å². The Kier molecular flexibility index (Phi) is 5.46. The zero-order valence-corrected chi connectivity index (χ0v) is 11.0. The van der Waals surface area contributed by atoms with Crippen molar-refractivity contribution in [1.82, 2.24) is 5.32 Å². The van der Waals surface area contributed by atoms with E-state index in [4.69, 9.17) is 0 Å². The molecular weight excluding hydrogens is 218 g/mol. The third kappa shape index (κ3) is 4.64. The summed E-state index contributed by atoms with van der Waals surface area (Å²) >= 11 is 2.14. The van der Waals surface area contributed by atoms with Crippen molar-refractivity contribution in [2.45, 2.75) is 68.7 Å². The summed E-state index contributed by atoms with van der Waals surface area (Å²) in [4.78, 5) is 0. The molecular formula is C13H25NOS. The molecule has 0 aromatic heterocycles. The van der Waals surface area contributed by atoms with Crippen LogP contribution in [0.1, 0.15) is 51.4 Å². The molecule has 2 fully saturated rings. The van der Waals surface area contributed by atoms with E-state index in [0.717, 1.165) is 17.7 Å². The average Bonchev–Trinajstić information content (AvgIpc) is 3.13. The molecule has 0 aromatic carbocycles. The van der Waals surface area contributed by atoms with Gasteiger partial charge in [0.1, 0.15) is 0 Å². The summed E-state index contributed by atoms with van der Waals surface area (Å²) in [6.45, 7) is 0.307. The van der Waals surface area contributed by atoms with Crippen molar-refractivity contribution in [3.8, 4) is 0 Å². The Labute approximate surface area is 104 Å². The number of aliphatic hydroxyl groups is 1. The first-order valence-corrected chi connectivity index (χ1v) is 7.92. The van der Waals surface area contributed by atoms with Gasteiger partial charge in [-0.25, -0.2) is 0 Å². The van der Waals surface area contributed by atoms with E-state index in [1.807, 2.05) is 0 Å². The van der Waals surface area contributed by atoms with E-state index in [9.17, 15) is 5.11 Å². The van der Waals surface area contributed by atoms with Gasteiger partial charge in [0.05, 0.1) is 6.61 Å². The summed E-state index contributed by atoms with van der Waals surface area (Å²) in [6.07, 6.45) is 10.9. The number of rotatable bonds is 7. The summed E-state index contributed by atoms with van der Waals surface area (Å²) in [5, 5.41) is 13.7. The van der Waals surface area contributed by atoms with Gasteiger partial charge >= 0.3 is 0 Å². The van der Waals surface area contributed by atoms with Gasteiger partial charge in [0, 0.05) is 17.3 Å². The predicted molar refractivity (Wildman–Crippen MR) is 71.0 cm³/mol. The van der Waals surface area contributed by atoms with Gasteiger partial charge < -0.3 is 10.4 Å².